The van der Waals surface area contributed by atoms with E-state index in [0.717, 1.165) is 11.1 Å². The lowest BCUT2D eigenvalue weighted by atomic mass is 10.1. The van der Waals surface area contributed by atoms with Gasteiger partial charge in [-0.3, -0.25) is 0 Å². The molecule has 0 aromatic heterocycles. The molecule has 0 heterocycles. The van der Waals surface area contributed by atoms with E-state index in [-0.39, 0.29) is 0 Å². The van der Waals surface area contributed by atoms with Gasteiger partial charge in [0.1, 0.15) is 0 Å². The van der Waals surface area contributed by atoms with Crippen LogP contribution in [0.1, 0.15) is 31.8 Å². The van der Waals surface area contributed by atoms with Gasteiger partial charge >= 0.3 is 11.9 Å². The summed E-state index contributed by atoms with van der Waals surface area (Å²) < 4.78 is 0. The molecule has 6 heteroatoms. The van der Waals surface area contributed by atoms with Crippen molar-refractivity contribution < 1.29 is 19.8 Å². The fraction of sp³-hybridized carbons (Fsp3) is 0.125. The highest BCUT2D eigenvalue weighted by molar-refractivity contribution is 6.17. The van der Waals surface area contributed by atoms with E-state index in [1.807, 2.05) is 0 Å². The molecule has 0 fully saturated rings. The highest BCUT2D eigenvalue weighted by atomic mass is 35.5. The van der Waals surface area contributed by atoms with Crippen molar-refractivity contribution in [3.05, 3.63) is 70.8 Å². The number of hydrogen-bond acceptors (Lipinski definition) is 2. The second-order valence-electron chi connectivity index (χ2n) is 4.27. The predicted octanol–water partition coefficient (Wildman–Crippen LogP) is 4.25. The highest BCUT2D eigenvalue weighted by Crippen LogP contribution is 2.07. The zero-order chi connectivity index (χ0) is 16.5. The molecule has 0 radical (unpaired) electrons. The number of halogens is 2. The largest absolute Gasteiger partial charge is 0.478 e. The van der Waals surface area contributed by atoms with E-state index in [4.69, 9.17) is 33.4 Å². The summed E-state index contributed by atoms with van der Waals surface area (Å²) in [6.45, 7) is 0. The van der Waals surface area contributed by atoms with Crippen molar-refractivity contribution >= 4 is 35.1 Å². The predicted molar refractivity (Wildman–Crippen MR) is 85.9 cm³/mol. The molecule has 2 aromatic carbocycles. The molecule has 0 aliphatic carbocycles. The Labute approximate surface area is 137 Å². The second kappa shape index (κ2) is 9.07. The van der Waals surface area contributed by atoms with Crippen molar-refractivity contribution in [1.82, 2.24) is 0 Å². The Hall–Kier alpha value is -2.04. The Kier molecular flexibility index (Phi) is 7.43. The fourth-order valence-corrected chi connectivity index (χ4v) is 1.83. The van der Waals surface area contributed by atoms with Crippen molar-refractivity contribution in [1.29, 1.82) is 0 Å². The van der Waals surface area contributed by atoms with E-state index in [9.17, 15) is 9.59 Å². The average Bonchev–Trinajstić information content (AvgIpc) is 2.55. The maximum Gasteiger partial charge on any atom is 0.335 e. The van der Waals surface area contributed by atoms with Crippen molar-refractivity contribution in [2.24, 2.45) is 0 Å². The maximum atomic E-state index is 10.4. The third-order valence-corrected chi connectivity index (χ3v) is 3.33. The van der Waals surface area contributed by atoms with E-state index < -0.39 is 11.9 Å². The van der Waals surface area contributed by atoms with Gasteiger partial charge in [-0.2, -0.15) is 0 Å². The molecule has 0 amide bonds. The molecule has 2 rings (SSSR count). The van der Waals surface area contributed by atoms with Crippen molar-refractivity contribution in [3.8, 4) is 0 Å². The van der Waals surface area contributed by atoms with E-state index in [0.29, 0.717) is 22.9 Å². The molecule has 0 aliphatic heterocycles. The zero-order valence-corrected chi connectivity index (χ0v) is 13.0. The summed E-state index contributed by atoms with van der Waals surface area (Å²) in [6.07, 6.45) is 0. The van der Waals surface area contributed by atoms with E-state index in [2.05, 4.69) is 0 Å². The Balaban J connectivity index is 0.000000220. The molecule has 116 valence electrons. The number of hydrogen-bond donors (Lipinski definition) is 2. The van der Waals surface area contributed by atoms with Gasteiger partial charge < -0.3 is 10.2 Å². The number of alkyl halides is 2. The number of benzene rings is 2. The van der Waals surface area contributed by atoms with Crippen molar-refractivity contribution in [2.75, 3.05) is 0 Å². The van der Waals surface area contributed by atoms with Crippen LogP contribution in [0.3, 0.4) is 0 Å². The Morgan fingerprint density at radius 1 is 0.682 bits per heavy atom. The molecular formula is C16H14Cl2O4. The molecule has 0 saturated carbocycles. The monoisotopic (exact) mass is 340 g/mol. The van der Waals surface area contributed by atoms with Crippen LogP contribution in [0.5, 0.6) is 0 Å². The van der Waals surface area contributed by atoms with Gasteiger partial charge in [0.15, 0.2) is 0 Å². The van der Waals surface area contributed by atoms with Gasteiger partial charge in [0.05, 0.1) is 11.1 Å². The van der Waals surface area contributed by atoms with Crippen LogP contribution < -0.4 is 0 Å². The van der Waals surface area contributed by atoms with Gasteiger partial charge in [-0.1, -0.05) is 24.3 Å². The molecule has 0 atom stereocenters. The maximum absolute atomic E-state index is 10.4. The van der Waals surface area contributed by atoms with Crippen LogP contribution in [0.2, 0.25) is 0 Å². The van der Waals surface area contributed by atoms with Crippen LogP contribution in [0.4, 0.5) is 0 Å². The molecule has 22 heavy (non-hydrogen) atoms. The Morgan fingerprint density at radius 2 is 0.955 bits per heavy atom. The van der Waals surface area contributed by atoms with Crippen LogP contribution in [-0.2, 0) is 11.8 Å². The van der Waals surface area contributed by atoms with Crippen LogP contribution >= 0.6 is 23.2 Å². The minimum atomic E-state index is -0.911. The summed E-state index contributed by atoms with van der Waals surface area (Å²) in [7, 11) is 0. The summed E-state index contributed by atoms with van der Waals surface area (Å²) in [4.78, 5) is 20.7. The van der Waals surface area contributed by atoms with Crippen LogP contribution in [0.25, 0.3) is 0 Å². The minimum Gasteiger partial charge on any atom is -0.478 e. The van der Waals surface area contributed by atoms with E-state index >= 15 is 0 Å². The van der Waals surface area contributed by atoms with Gasteiger partial charge in [0.2, 0.25) is 0 Å². The summed E-state index contributed by atoms with van der Waals surface area (Å²) in [5, 5.41) is 17.0. The quantitative estimate of drug-likeness (QED) is 0.816. The topological polar surface area (TPSA) is 74.6 Å². The van der Waals surface area contributed by atoms with Gasteiger partial charge in [0.25, 0.3) is 0 Å². The van der Waals surface area contributed by atoms with Gasteiger partial charge in [0, 0.05) is 11.8 Å². The zero-order valence-electron chi connectivity index (χ0n) is 11.5. The normalized spacial score (nSPS) is 9.55. The summed E-state index contributed by atoms with van der Waals surface area (Å²) >= 11 is 11.0. The van der Waals surface area contributed by atoms with Crippen LogP contribution in [-0.4, -0.2) is 22.2 Å². The minimum absolute atomic E-state index is 0.291. The second-order valence-corrected chi connectivity index (χ2v) is 4.81. The lowest BCUT2D eigenvalue weighted by molar-refractivity contribution is 0.0686. The Bertz CT molecular complexity index is 564. The molecule has 0 unspecified atom stereocenters. The lowest BCUT2D eigenvalue weighted by Crippen LogP contribution is -1.95. The number of carboxylic acid groups (broad SMARTS) is 2. The molecule has 0 spiro atoms. The number of carboxylic acids is 2. The SMILES string of the molecule is O=C(O)c1ccc(CCl)cc1.O=C(O)c1ccc(CCl)cc1. The molecule has 0 aliphatic rings. The van der Waals surface area contributed by atoms with E-state index in [1.165, 1.54) is 0 Å². The molecule has 2 aromatic rings. The molecule has 2 N–H and O–H groups in total. The van der Waals surface area contributed by atoms with Crippen LogP contribution in [0, 0.1) is 0 Å². The number of aromatic carboxylic acids is 2. The molecule has 4 nitrogen and oxygen atoms in total. The summed E-state index contributed by atoms with van der Waals surface area (Å²) in [5.74, 6) is -0.989. The fourth-order valence-electron chi connectivity index (χ4n) is 1.47. The highest BCUT2D eigenvalue weighted by Gasteiger charge is 2.00. The Morgan fingerprint density at radius 3 is 1.14 bits per heavy atom. The molecule has 0 bridgehead atoms. The molecular weight excluding hydrogens is 327 g/mol. The smallest absolute Gasteiger partial charge is 0.335 e. The van der Waals surface area contributed by atoms with Gasteiger partial charge in [-0.15, -0.1) is 23.2 Å². The van der Waals surface area contributed by atoms with Crippen molar-refractivity contribution in [2.45, 2.75) is 11.8 Å². The summed E-state index contributed by atoms with van der Waals surface area (Å²) in [6, 6.07) is 13.0. The number of carbonyl (C=O) groups is 2. The lowest BCUT2D eigenvalue weighted by Gasteiger charge is -1.95. The average molecular weight is 341 g/mol. The first-order valence-electron chi connectivity index (χ1n) is 6.24. The summed E-state index contributed by atoms with van der Waals surface area (Å²) in [5.41, 5.74) is 2.44. The van der Waals surface area contributed by atoms with Gasteiger partial charge in [-0.05, 0) is 35.4 Å². The van der Waals surface area contributed by atoms with Crippen LogP contribution in [0.15, 0.2) is 48.5 Å². The van der Waals surface area contributed by atoms with E-state index in [1.54, 1.807) is 48.5 Å². The van der Waals surface area contributed by atoms with Gasteiger partial charge in [-0.25, -0.2) is 9.59 Å². The van der Waals surface area contributed by atoms with Crippen molar-refractivity contribution in [3.63, 3.8) is 0 Å². The third-order valence-electron chi connectivity index (χ3n) is 2.71. The first-order chi connectivity index (χ1) is 10.5. The first kappa shape index (κ1) is 18.0. The third kappa shape index (κ3) is 5.76. The standard InChI is InChI=1S/2C8H7ClO2/c2*9-5-6-1-3-7(4-2-6)8(10)11/h2*1-4H,5H2,(H,10,11). The number of rotatable bonds is 4. The molecule has 0 saturated heterocycles. The first-order valence-corrected chi connectivity index (χ1v) is 7.31.